The highest BCUT2D eigenvalue weighted by Gasteiger charge is 2.33. The van der Waals surface area contributed by atoms with Gasteiger partial charge in [0.15, 0.2) is 0 Å². The number of likely N-dealkylation sites (tertiary alicyclic amines) is 1. The summed E-state index contributed by atoms with van der Waals surface area (Å²) in [4.78, 5) is 25.6. The van der Waals surface area contributed by atoms with Crippen LogP contribution in [0.4, 0.5) is 0 Å². The van der Waals surface area contributed by atoms with Crippen LogP contribution in [0.2, 0.25) is 0 Å². The molecule has 1 saturated heterocycles. The van der Waals surface area contributed by atoms with Crippen molar-refractivity contribution in [3.05, 3.63) is 48.6 Å². The molecule has 1 aliphatic heterocycles. The predicted octanol–water partition coefficient (Wildman–Crippen LogP) is 1.90. The largest absolute Gasteiger partial charge is 0.349 e. The Morgan fingerprint density at radius 3 is 2.85 bits per heavy atom. The van der Waals surface area contributed by atoms with Crippen molar-refractivity contribution in [3.8, 4) is 0 Å². The highest BCUT2D eigenvalue weighted by atomic mass is 16.2. The average molecular weight is 272 g/mol. The summed E-state index contributed by atoms with van der Waals surface area (Å²) in [6.45, 7) is 6.57. The Balaban J connectivity index is 1.93. The van der Waals surface area contributed by atoms with E-state index in [9.17, 15) is 9.59 Å². The van der Waals surface area contributed by atoms with E-state index in [0.29, 0.717) is 19.5 Å². The molecule has 0 saturated carbocycles. The Hall–Kier alpha value is -2.10. The Morgan fingerprint density at radius 2 is 2.20 bits per heavy atom. The van der Waals surface area contributed by atoms with Crippen LogP contribution in [0.15, 0.2) is 43.0 Å². The van der Waals surface area contributed by atoms with E-state index in [1.54, 1.807) is 11.0 Å². The van der Waals surface area contributed by atoms with Gasteiger partial charge in [0.2, 0.25) is 11.8 Å². The van der Waals surface area contributed by atoms with Crippen molar-refractivity contribution in [1.82, 2.24) is 10.2 Å². The van der Waals surface area contributed by atoms with E-state index in [1.165, 1.54) is 0 Å². The molecular weight excluding hydrogens is 252 g/mol. The number of hydrogen-bond donors (Lipinski definition) is 1. The molecule has 1 N–H and O–H groups in total. The second kappa shape index (κ2) is 6.37. The summed E-state index contributed by atoms with van der Waals surface area (Å²) in [5.74, 6) is -0.285. The van der Waals surface area contributed by atoms with Crippen LogP contribution >= 0.6 is 0 Å². The zero-order valence-corrected chi connectivity index (χ0v) is 11.7. The number of nitrogens with zero attached hydrogens (tertiary/aromatic N) is 1. The van der Waals surface area contributed by atoms with Gasteiger partial charge in [0.25, 0.3) is 0 Å². The quantitative estimate of drug-likeness (QED) is 0.832. The second-order valence-electron chi connectivity index (χ2n) is 5.13. The van der Waals surface area contributed by atoms with Crippen LogP contribution in [-0.4, -0.2) is 29.8 Å². The third-order valence-electron chi connectivity index (χ3n) is 3.59. The van der Waals surface area contributed by atoms with Gasteiger partial charge in [-0.1, -0.05) is 36.4 Å². The highest BCUT2D eigenvalue weighted by molar-refractivity contribution is 5.89. The van der Waals surface area contributed by atoms with Gasteiger partial charge in [0.05, 0.1) is 12.0 Å². The van der Waals surface area contributed by atoms with Crippen molar-refractivity contribution < 1.29 is 9.59 Å². The van der Waals surface area contributed by atoms with Crippen molar-refractivity contribution >= 4 is 11.8 Å². The number of amides is 2. The first-order valence-electron chi connectivity index (χ1n) is 6.85. The summed E-state index contributed by atoms with van der Waals surface area (Å²) < 4.78 is 0. The van der Waals surface area contributed by atoms with E-state index in [1.807, 2.05) is 37.3 Å². The van der Waals surface area contributed by atoms with Crippen LogP contribution < -0.4 is 5.32 Å². The normalized spacial score (nSPS) is 19.8. The van der Waals surface area contributed by atoms with Crippen molar-refractivity contribution in [2.24, 2.45) is 5.92 Å². The molecule has 2 unspecified atom stereocenters. The highest BCUT2D eigenvalue weighted by Crippen LogP contribution is 2.19. The fourth-order valence-electron chi connectivity index (χ4n) is 2.44. The molecule has 0 aromatic heterocycles. The Kier molecular flexibility index (Phi) is 4.56. The van der Waals surface area contributed by atoms with Gasteiger partial charge >= 0.3 is 0 Å². The molecule has 4 nitrogen and oxygen atoms in total. The molecule has 1 aliphatic rings. The first kappa shape index (κ1) is 14.3. The molecule has 1 fully saturated rings. The van der Waals surface area contributed by atoms with E-state index < -0.39 is 0 Å². The van der Waals surface area contributed by atoms with E-state index in [4.69, 9.17) is 0 Å². The molecule has 20 heavy (non-hydrogen) atoms. The van der Waals surface area contributed by atoms with Gasteiger partial charge in [0, 0.05) is 19.5 Å². The first-order valence-corrected chi connectivity index (χ1v) is 6.85. The molecule has 1 heterocycles. The molecular formula is C16H20N2O2. The lowest BCUT2D eigenvalue weighted by molar-refractivity contribution is -0.128. The fraction of sp³-hybridized carbons (Fsp3) is 0.375. The maximum atomic E-state index is 12.2. The topological polar surface area (TPSA) is 49.4 Å². The number of carbonyl (C=O) groups excluding carboxylic acids is 2. The minimum atomic E-state index is -0.256. The maximum absolute atomic E-state index is 12.2. The molecule has 0 spiro atoms. The van der Waals surface area contributed by atoms with Gasteiger partial charge in [-0.15, -0.1) is 6.58 Å². The molecule has 1 aromatic rings. The molecule has 2 atom stereocenters. The maximum Gasteiger partial charge on any atom is 0.225 e. The van der Waals surface area contributed by atoms with E-state index in [-0.39, 0.29) is 23.8 Å². The number of hydrogen-bond acceptors (Lipinski definition) is 2. The first-order chi connectivity index (χ1) is 9.61. The van der Waals surface area contributed by atoms with Crippen molar-refractivity contribution in [3.63, 3.8) is 0 Å². The number of benzene rings is 1. The molecule has 0 radical (unpaired) electrons. The van der Waals surface area contributed by atoms with E-state index in [2.05, 4.69) is 11.9 Å². The summed E-state index contributed by atoms with van der Waals surface area (Å²) in [7, 11) is 0. The van der Waals surface area contributed by atoms with Crippen molar-refractivity contribution in [2.75, 3.05) is 13.1 Å². The van der Waals surface area contributed by atoms with Crippen LogP contribution in [0.3, 0.4) is 0 Å². The van der Waals surface area contributed by atoms with E-state index in [0.717, 1.165) is 5.56 Å². The SMILES string of the molecule is C=CCN1CC(C(=O)NC(C)c2ccccc2)CC1=O. The molecule has 106 valence electrons. The number of rotatable bonds is 5. The standard InChI is InChI=1S/C16H20N2O2/c1-3-9-18-11-14(10-15(18)19)16(20)17-12(2)13-7-5-4-6-8-13/h3-8,12,14H,1,9-11H2,2H3,(H,17,20). The Labute approximate surface area is 119 Å². The molecule has 0 aliphatic carbocycles. The summed E-state index contributed by atoms with van der Waals surface area (Å²) >= 11 is 0. The molecule has 1 aromatic carbocycles. The predicted molar refractivity (Wildman–Crippen MR) is 77.9 cm³/mol. The third-order valence-corrected chi connectivity index (χ3v) is 3.59. The van der Waals surface area contributed by atoms with Gasteiger partial charge in [-0.05, 0) is 12.5 Å². The van der Waals surface area contributed by atoms with Crippen LogP contribution in [0.5, 0.6) is 0 Å². The average Bonchev–Trinajstić information content (AvgIpc) is 2.82. The molecule has 0 bridgehead atoms. The van der Waals surface area contributed by atoms with Crippen molar-refractivity contribution in [2.45, 2.75) is 19.4 Å². The fourth-order valence-corrected chi connectivity index (χ4v) is 2.44. The van der Waals surface area contributed by atoms with Crippen LogP contribution in [0.1, 0.15) is 24.9 Å². The smallest absolute Gasteiger partial charge is 0.225 e. The number of nitrogens with one attached hydrogen (secondary N) is 1. The Morgan fingerprint density at radius 1 is 1.50 bits per heavy atom. The second-order valence-corrected chi connectivity index (χ2v) is 5.13. The summed E-state index contributed by atoms with van der Waals surface area (Å²) in [6, 6.07) is 9.75. The van der Waals surface area contributed by atoms with Crippen molar-refractivity contribution in [1.29, 1.82) is 0 Å². The zero-order valence-electron chi connectivity index (χ0n) is 11.7. The van der Waals surface area contributed by atoms with Gasteiger partial charge < -0.3 is 10.2 Å². The lowest BCUT2D eigenvalue weighted by atomic mass is 10.1. The minimum Gasteiger partial charge on any atom is -0.349 e. The summed E-state index contributed by atoms with van der Waals surface area (Å²) in [5, 5.41) is 2.98. The van der Waals surface area contributed by atoms with Gasteiger partial charge in [-0.25, -0.2) is 0 Å². The number of carbonyl (C=O) groups is 2. The molecule has 4 heteroatoms. The monoisotopic (exact) mass is 272 g/mol. The van der Waals surface area contributed by atoms with Crippen LogP contribution in [-0.2, 0) is 9.59 Å². The third kappa shape index (κ3) is 3.26. The van der Waals surface area contributed by atoms with Gasteiger partial charge in [-0.2, -0.15) is 0 Å². The van der Waals surface area contributed by atoms with Gasteiger partial charge in [0.1, 0.15) is 0 Å². The molecule has 2 amide bonds. The van der Waals surface area contributed by atoms with Crippen LogP contribution in [0, 0.1) is 5.92 Å². The molecule has 2 rings (SSSR count). The van der Waals surface area contributed by atoms with E-state index >= 15 is 0 Å². The zero-order chi connectivity index (χ0) is 14.5. The minimum absolute atomic E-state index is 0.0254. The lowest BCUT2D eigenvalue weighted by Gasteiger charge is -2.18. The summed E-state index contributed by atoms with van der Waals surface area (Å²) in [6.07, 6.45) is 1.98. The van der Waals surface area contributed by atoms with Gasteiger partial charge in [-0.3, -0.25) is 9.59 Å². The lowest BCUT2D eigenvalue weighted by Crippen LogP contribution is -2.34. The summed E-state index contributed by atoms with van der Waals surface area (Å²) in [5.41, 5.74) is 1.06. The van der Waals surface area contributed by atoms with Crippen LogP contribution in [0.25, 0.3) is 0 Å². The Bertz CT molecular complexity index is 498.